The van der Waals surface area contributed by atoms with Crippen LogP contribution in [0.3, 0.4) is 0 Å². The molecule has 0 spiro atoms. The number of fused-ring (bicyclic) bond motifs is 1. The minimum Gasteiger partial charge on any atom is -0.397 e. The van der Waals surface area contributed by atoms with Crippen LogP contribution < -0.4 is 35.3 Å². The summed E-state index contributed by atoms with van der Waals surface area (Å²) in [5, 5.41) is 10.6. The molecule has 3 aromatic carbocycles. The Hall–Kier alpha value is -2.91. The third kappa shape index (κ3) is 6.30. The maximum atomic E-state index is 8.44. The Balaban J connectivity index is 0.000000591. The number of nitrogen functional groups attached to an aromatic ring is 1. The van der Waals surface area contributed by atoms with Crippen LogP contribution in [0.2, 0.25) is 0 Å². The molecule has 144 valence electrons. The second-order valence-electron chi connectivity index (χ2n) is 5.82. The number of aromatic nitrogens is 1. The fourth-order valence-corrected chi connectivity index (χ4v) is 2.66. The summed E-state index contributed by atoms with van der Waals surface area (Å²) in [5.74, 6) is 0. The van der Waals surface area contributed by atoms with Crippen molar-refractivity contribution in [1.29, 1.82) is 0 Å². The van der Waals surface area contributed by atoms with Crippen molar-refractivity contribution in [2.75, 3.05) is 5.73 Å². The second-order valence-corrected chi connectivity index (χ2v) is 6.23. The fourth-order valence-electron chi connectivity index (χ4n) is 2.66. The standard InChI is InChI=1S/C21H15N4.Na.O3S/c22-19-12-10-15-6-4-5-9-18(15)21(19)25-24-17-11-13-20(23-14-17)16-7-2-1-3-8-16;;1-4(2)3/h1-3,5-14H,22H2;;/q-1;+1;. The van der Waals surface area contributed by atoms with Gasteiger partial charge in [-0.1, -0.05) is 35.7 Å². The zero-order valence-electron chi connectivity index (χ0n) is 16.1. The summed E-state index contributed by atoms with van der Waals surface area (Å²) in [4.78, 5) is 4.46. The molecule has 4 aromatic rings. The number of benzene rings is 3. The van der Waals surface area contributed by atoms with Gasteiger partial charge in [0.2, 0.25) is 0 Å². The number of nitrogens with zero attached hydrogens (tertiary/aromatic N) is 3. The fraction of sp³-hybridized carbons (Fsp3) is 0. The van der Waals surface area contributed by atoms with Crippen LogP contribution in [-0.2, 0) is 10.6 Å². The van der Waals surface area contributed by atoms with Gasteiger partial charge >= 0.3 is 40.2 Å². The molecule has 0 bridgehead atoms. The van der Waals surface area contributed by atoms with E-state index in [9.17, 15) is 0 Å². The Labute approximate surface area is 197 Å². The molecule has 7 nitrogen and oxygen atoms in total. The largest absolute Gasteiger partial charge is 1.00 e. The Morgan fingerprint density at radius 3 is 2.30 bits per heavy atom. The molecule has 0 atom stereocenters. The maximum Gasteiger partial charge on any atom is 1.00 e. The molecule has 0 aliphatic heterocycles. The van der Waals surface area contributed by atoms with Crippen molar-refractivity contribution < 1.29 is 42.2 Å². The average molecular weight is 426 g/mol. The Morgan fingerprint density at radius 1 is 0.900 bits per heavy atom. The molecule has 0 saturated heterocycles. The predicted octanol–water partition coefficient (Wildman–Crippen LogP) is 1.70. The van der Waals surface area contributed by atoms with E-state index in [4.69, 9.17) is 18.4 Å². The number of rotatable bonds is 3. The number of azo groups is 1. The van der Waals surface area contributed by atoms with Crippen molar-refractivity contribution in [3.63, 3.8) is 0 Å². The number of anilines is 1. The van der Waals surface area contributed by atoms with E-state index in [1.165, 1.54) is 0 Å². The van der Waals surface area contributed by atoms with E-state index >= 15 is 0 Å². The van der Waals surface area contributed by atoms with Crippen molar-refractivity contribution >= 4 is 38.4 Å². The number of hydrogen-bond donors (Lipinski definition) is 1. The third-order valence-corrected chi connectivity index (χ3v) is 3.95. The predicted molar refractivity (Wildman–Crippen MR) is 111 cm³/mol. The Bertz CT molecular complexity index is 1260. The molecule has 0 aliphatic carbocycles. The number of nitrogens with two attached hydrogens (primary N) is 1. The minimum atomic E-state index is -3.11. The van der Waals surface area contributed by atoms with Crippen molar-refractivity contribution in [2.24, 2.45) is 10.2 Å². The zero-order chi connectivity index (χ0) is 20.6. The molecule has 1 aromatic heterocycles. The van der Waals surface area contributed by atoms with E-state index in [0.29, 0.717) is 17.1 Å². The first-order valence-corrected chi connectivity index (χ1v) is 9.43. The van der Waals surface area contributed by atoms with Crippen molar-refractivity contribution in [2.45, 2.75) is 0 Å². The summed E-state index contributed by atoms with van der Waals surface area (Å²) in [6, 6.07) is 26.4. The van der Waals surface area contributed by atoms with Crippen LogP contribution in [0, 0.1) is 6.07 Å². The van der Waals surface area contributed by atoms with Crippen molar-refractivity contribution in [1.82, 2.24) is 4.98 Å². The molecule has 4 rings (SSSR count). The van der Waals surface area contributed by atoms with Gasteiger partial charge in [-0.15, -0.1) is 34.3 Å². The van der Waals surface area contributed by atoms with E-state index < -0.39 is 10.6 Å². The van der Waals surface area contributed by atoms with Crippen molar-refractivity contribution in [3.8, 4) is 11.3 Å². The van der Waals surface area contributed by atoms with Crippen molar-refractivity contribution in [3.05, 3.63) is 85.1 Å². The Kier molecular flexibility index (Phi) is 8.82. The summed E-state index contributed by atoms with van der Waals surface area (Å²) >= 11 is 0. The molecule has 2 N–H and O–H groups in total. The van der Waals surface area contributed by atoms with Crippen LogP contribution in [0.1, 0.15) is 0 Å². The van der Waals surface area contributed by atoms with Gasteiger partial charge in [-0.2, -0.15) is 24.3 Å². The molecule has 1 heterocycles. The van der Waals surface area contributed by atoms with Crippen LogP contribution in [0.5, 0.6) is 0 Å². The second kappa shape index (κ2) is 11.3. The molecular formula is C21H15N4NaO3S. The molecule has 30 heavy (non-hydrogen) atoms. The summed E-state index contributed by atoms with van der Waals surface area (Å²) < 4.78 is 25.3. The molecule has 9 heteroatoms. The van der Waals surface area contributed by atoms with Gasteiger partial charge < -0.3 is 5.73 Å². The summed E-state index contributed by atoms with van der Waals surface area (Å²) in [5.41, 5.74) is 9.98. The normalized spacial score (nSPS) is 10.1. The van der Waals surface area contributed by atoms with Gasteiger partial charge in [-0.3, -0.25) is 4.98 Å². The summed E-state index contributed by atoms with van der Waals surface area (Å²) in [7, 11) is -3.11. The van der Waals surface area contributed by atoms with Crippen LogP contribution in [0.25, 0.3) is 22.0 Å². The van der Waals surface area contributed by atoms with E-state index in [1.807, 2.05) is 72.8 Å². The molecule has 0 aliphatic rings. The summed E-state index contributed by atoms with van der Waals surface area (Å²) in [6.07, 6.45) is 1.71. The van der Waals surface area contributed by atoms with E-state index in [2.05, 4.69) is 21.3 Å². The summed E-state index contributed by atoms with van der Waals surface area (Å²) in [6.45, 7) is 0. The van der Waals surface area contributed by atoms with Crippen LogP contribution in [-0.4, -0.2) is 17.6 Å². The Morgan fingerprint density at radius 2 is 1.63 bits per heavy atom. The van der Waals surface area contributed by atoms with Gasteiger partial charge in [-0.25, -0.2) is 0 Å². The SMILES string of the molecule is Nc1ccc2c[c-]ccc2c1N=Nc1ccc(-c2ccccc2)nc1.O=S(=O)=O.[Na+]. The van der Waals surface area contributed by atoms with Gasteiger partial charge in [-0.05, 0) is 18.2 Å². The van der Waals surface area contributed by atoms with Crippen LogP contribution in [0.4, 0.5) is 17.1 Å². The molecular weight excluding hydrogens is 411 g/mol. The monoisotopic (exact) mass is 426 g/mol. The first kappa shape index (κ1) is 23.4. The van der Waals surface area contributed by atoms with Gasteiger partial charge in [0.15, 0.2) is 0 Å². The first-order valence-electron chi connectivity index (χ1n) is 8.43. The van der Waals surface area contributed by atoms with Crippen LogP contribution >= 0.6 is 0 Å². The average Bonchev–Trinajstić information content (AvgIpc) is 2.74. The smallest absolute Gasteiger partial charge is 0.397 e. The minimum absolute atomic E-state index is 0. The quantitative estimate of drug-likeness (QED) is 0.232. The van der Waals surface area contributed by atoms with E-state index in [-0.39, 0.29) is 29.6 Å². The molecule has 0 fully saturated rings. The molecule has 0 saturated carbocycles. The zero-order valence-corrected chi connectivity index (χ0v) is 18.9. The number of hydrogen-bond acceptors (Lipinski definition) is 7. The topological polar surface area (TPSA) is 115 Å². The molecule has 0 amide bonds. The first-order chi connectivity index (χ1) is 14.0. The van der Waals surface area contributed by atoms with E-state index in [0.717, 1.165) is 22.0 Å². The van der Waals surface area contributed by atoms with Gasteiger partial charge in [0, 0.05) is 5.56 Å². The van der Waals surface area contributed by atoms with Gasteiger partial charge in [0.05, 0.1) is 23.3 Å². The van der Waals surface area contributed by atoms with Gasteiger partial charge in [0.1, 0.15) is 5.69 Å². The third-order valence-electron chi connectivity index (χ3n) is 3.95. The molecule has 0 radical (unpaired) electrons. The van der Waals surface area contributed by atoms with Gasteiger partial charge in [0.25, 0.3) is 0 Å². The number of pyridine rings is 1. The molecule has 0 unspecified atom stereocenters. The maximum absolute atomic E-state index is 8.44. The van der Waals surface area contributed by atoms with Crippen LogP contribution in [0.15, 0.2) is 89.2 Å². The van der Waals surface area contributed by atoms with E-state index in [1.54, 1.807) is 6.20 Å².